The van der Waals surface area contributed by atoms with Crippen LogP contribution in [0.2, 0.25) is 12.1 Å². The first-order valence-electron chi connectivity index (χ1n) is 20.8. The van der Waals surface area contributed by atoms with Crippen LogP contribution in [0.15, 0.2) is 96.1 Å². The maximum Gasteiger partial charge on any atom is 0.0397 e. The van der Waals surface area contributed by atoms with Gasteiger partial charge >= 0.3 is 0 Å². The van der Waals surface area contributed by atoms with Crippen LogP contribution in [0.25, 0.3) is 34.4 Å². The summed E-state index contributed by atoms with van der Waals surface area (Å²) >= 11 is 0. The van der Waals surface area contributed by atoms with Gasteiger partial charge < -0.3 is 0 Å². The van der Waals surface area contributed by atoms with Gasteiger partial charge in [-0.2, -0.15) is 0 Å². The van der Waals surface area contributed by atoms with Gasteiger partial charge in [0.25, 0.3) is 0 Å². The fourth-order valence-electron chi connectivity index (χ4n) is 10.2. The van der Waals surface area contributed by atoms with E-state index in [0.717, 1.165) is 21.4 Å². The van der Waals surface area contributed by atoms with Crippen LogP contribution in [0.1, 0.15) is 161 Å². The molecule has 0 amide bonds. The maximum atomic E-state index is 2.59. The summed E-state index contributed by atoms with van der Waals surface area (Å²) in [5.41, 5.74) is 18.2. The first-order chi connectivity index (χ1) is 25.2. The van der Waals surface area contributed by atoms with Crippen LogP contribution >= 0.6 is 0 Å². The average molecular weight is 778 g/mol. The molecule has 8 rings (SSSR count). The number of hydrogen-bond donors (Lipinski definition) is 0. The van der Waals surface area contributed by atoms with Gasteiger partial charge in [-0.05, 0) is 106 Å². The van der Waals surface area contributed by atoms with E-state index >= 15 is 0 Å². The first kappa shape index (κ1) is 37.8. The predicted octanol–water partition coefficient (Wildman–Crippen LogP) is 14.9. The molecule has 2 radical (unpaired) electrons. The van der Waals surface area contributed by atoms with Crippen molar-refractivity contribution < 1.29 is 26.2 Å². The summed E-state index contributed by atoms with van der Waals surface area (Å²) in [5.74, 6) is 2.65. The summed E-state index contributed by atoms with van der Waals surface area (Å²) < 4.78 is 0. The van der Waals surface area contributed by atoms with E-state index in [-0.39, 0.29) is 26.2 Å². The quantitative estimate of drug-likeness (QED) is 0.126. The molecule has 2 saturated carbocycles. The number of rotatable bonds is 12. The third-order valence-electron chi connectivity index (χ3n) is 13.0. The van der Waals surface area contributed by atoms with Gasteiger partial charge in [-0.3, -0.25) is 0 Å². The minimum atomic E-state index is 0. The predicted molar refractivity (Wildman–Crippen MR) is 222 cm³/mol. The zero-order valence-corrected chi connectivity index (χ0v) is 35.3. The van der Waals surface area contributed by atoms with Gasteiger partial charge in [-0.15, -0.1) is 0 Å². The summed E-state index contributed by atoms with van der Waals surface area (Å²) in [5, 5.41) is 0. The number of benzene rings is 4. The van der Waals surface area contributed by atoms with E-state index in [0.29, 0.717) is 11.8 Å². The van der Waals surface area contributed by atoms with Gasteiger partial charge in [0, 0.05) is 47.6 Å². The SMILES string of the molecule is CCCC1=Cc2c(-c3ccc(C4CCCCC4)cc3)cccc2C1C[Si]CC1C(CCC)=Cc2c(-c3ccc(C4CCCCC4)cc3)cccc21.[Zr]. The van der Waals surface area contributed by atoms with Crippen molar-refractivity contribution in [2.75, 3.05) is 0 Å². The van der Waals surface area contributed by atoms with Crippen molar-refractivity contribution in [1.29, 1.82) is 0 Å². The zero-order valence-electron chi connectivity index (χ0n) is 31.9. The van der Waals surface area contributed by atoms with E-state index in [2.05, 4.69) is 111 Å². The zero-order chi connectivity index (χ0) is 34.6. The molecule has 2 unspecified atom stereocenters. The van der Waals surface area contributed by atoms with Crippen molar-refractivity contribution in [3.05, 3.63) is 129 Å². The van der Waals surface area contributed by atoms with Crippen molar-refractivity contribution in [3.63, 3.8) is 0 Å². The van der Waals surface area contributed by atoms with E-state index in [4.69, 9.17) is 0 Å². The molecule has 0 heterocycles. The molecule has 2 atom stereocenters. The smallest absolute Gasteiger partial charge is 0.0397 e. The summed E-state index contributed by atoms with van der Waals surface area (Å²) in [6.45, 7) is 4.71. The molecule has 0 aliphatic heterocycles. The second kappa shape index (κ2) is 17.7. The summed E-state index contributed by atoms with van der Waals surface area (Å²) in [6.07, 6.45) is 23.9. The van der Waals surface area contributed by atoms with Gasteiger partial charge in [-0.25, -0.2) is 0 Å². The Morgan fingerprint density at radius 1 is 0.500 bits per heavy atom. The Labute approximate surface area is 337 Å². The third-order valence-corrected chi connectivity index (χ3v) is 14.3. The molecule has 0 aromatic heterocycles. The average Bonchev–Trinajstić information content (AvgIpc) is 3.73. The molecule has 0 N–H and O–H groups in total. The van der Waals surface area contributed by atoms with E-state index < -0.39 is 0 Å². The molecule has 2 heteroatoms. The van der Waals surface area contributed by atoms with Crippen LogP contribution < -0.4 is 0 Å². The Bertz CT molecular complexity index is 1710. The summed E-state index contributed by atoms with van der Waals surface area (Å²) in [4.78, 5) is 0. The van der Waals surface area contributed by atoms with Gasteiger partial charge in [0.1, 0.15) is 0 Å². The molecule has 52 heavy (non-hydrogen) atoms. The molecule has 2 fully saturated rings. The molecular formula is C50H58SiZr. The van der Waals surface area contributed by atoms with Crippen molar-refractivity contribution in [1.82, 2.24) is 0 Å². The topological polar surface area (TPSA) is 0 Å². The molecular weight excluding hydrogens is 720 g/mol. The van der Waals surface area contributed by atoms with Crippen LogP contribution in [-0.4, -0.2) is 9.52 Å². The van der Waals surface area contributed by atoms with Crippen LogP contribution in [0.4, 0.5) is 0 Å². The molecule has 266 valence electrons. The van der Waals surface area contributed by atoms with Gasteiger partial charge in [-0.1, -0.05) is 186 Å². The molecule has 4 aliphatic carbocycles. The van der Waals surface area contributed by atoms with Crippen LogP contribution in [-0.2, 0) is 26.2 Å². The van der Waals surface area contributed by atoms with E-state index in [1.807, 2.05) is 0 Å². The Balaban J connectivity index is 0.00000420. The van der Waals surface area contributed by atoms with Crippen molar-refractivity contribution in [2.45, 2.75) is 139 Å². The Morgan fingerprint density at radius 3 is 1.29 bits per heavy atom. The minimum Gasteiger partial charge on any atom is -0.0651 e. The molecule has 0 bridgehead atoms. The monoisotopic (exact) mass is 776 g/mol. The normalized spacial score (nSPS) is 20.2. The van der Waals surface area contributed by atoms with Gasteiger partial charge in [0.2, 0.25) is 0 Å². The largest absolute Gasteiger partial charge is 0.0651 e. The van der Waals surface area contributed by atoms with E-state index in [1.54, 1.807) is 33.4 Å². The van der Waals surface area contributed by atoms with Crippen molar-refractivity contribution in [3.8, 4) is 22.3 Å². The van der Waals surface area contributed by atoms with Crippen molar-refractivity contribution >= 4 is 21.7 Å². The van der Waals surface area contributed by atoms with E-state index in [1.165, 1.54) is 135 Å². The molecule has 4 aromatic carbocycles. The third kappa shape index (κ3) is 7.96. The maximum absolute atomic E-state index is 2.59. The summed E-state index contributed by atoms with van der Waals surface area (Å²) in [6, 6.07) is 36.3. The standard InChI is InChI=1S/C50H58Si.Zr/c1-3-13-41-31-47-43(39-27-23-37(24-28-39)35-15-7-5-8-16-35)19-11-21-45(47)49(41)33-51-34-50-42(14-4-2)32-48-44(20-12-22-46(48)50)40-29-25-38(26-30-40)36-17-9-6-10-18-36;/h11-12,19-32,35-36,49-50H,3-10,13-18,33-34H2,1-2H3;. The molecule has 4 aliphatic rings. The fraction of sp³-hybridized carbons (Fsp3) is 0.440. The number of allylic oxidation sites excluding steroid dienone is 2. The van der Waals surface area contributed by atoms with Crippen molar-refractivity contribution in [2.24, 2.45) is 0 Å². The Morgan fingerprint density at radius 2 is 0.904 bits per heavy atom. The molecule has 4 aromatic rings. The molecule has 0 saturated heterocycles. The molecule has 0 spiro atoms. The Kier molecular flexibility index (Phi) is 12.9. The Hall–Kier alpha value is -2.54. The van der Waals surface area contributed by atoms with Gasteiger partial charge in [0.15, 0.2) is 0 Å². The number of hydrogen-bond acceptors (Lipinski definition) is 0. The fourth-order valence-corrected chi connectivity index (χ4v) is 11.9. The van der Waals surface area contributed by atoms with Crippen LogP contribution in [0, 0.1) is 0 Å². The summed E-state index contributed by atoms with van der Waals surface area (Å²) in [7, 11) is 0.951. The second-order valence-electron chi connectivity index (χ2n) is 16.2. The van der Waals surface area contributed by atoms with E-state index in [9.17, 15) is 0 Å². The van der Waals surface area contributed by atoms with Crippen LogP contribution in [0.5, 0.6) is 0 Å². The second-order valence-corrected chi connectivity index (χ2v) is 17.5. The van der Waals surface area contributed by atoms with Gasteiger partial charge in [0.05, 0.1) is 0 Å². The minimum absolute atomic E-state index is 0. The molecule has 0 nitrogen and oxygen atoms in total. The van der Waals surface area contributed by atoms with Crippen LogP contribution in [0.3, 0.4) is 0 Å². The first-order valence-corrected chi connectivity index (χ1v) is 22.2. The number of fused-ring (bicyclic) bond motifs is 2.